The Morgan fingerprint density at radius 3 is 2.79 bits per heavy atom. The first-order valence-electron chi connectivity index (χ1n) is 6.20. The molecule has 0 radical (unpaired) electrons. The van der Waals surface area contributed by atoms with E-state index in [2.05, 4.69) is 10.0 Å². The average Bonchev–Trinajstić information content (AvgIpc) is 2.42. The molecule has 1 unspecified atom stereocenters. The van der Waals surface area contributed by atoms with Crippen molar-refractivity contribution in [3.05, 3.63) is 18.2 Å². The number of ether oxygens (including phenoxy) is 1. The number of sulfonamides is 1. The van der Waals surface area contributed by atoms with Gasteiger partial charge in [-0.05, 0) is 38.1 Å². The van der Waals surface area contributed by atoms with E-state index in [1.165, 1.54) is 19.2 Å². The molecule has 0 spiro atoms. The lowest BCUT2D eigenvalue weighted by Gasteiger charge is -2.25. The van der Waals surface area contributed by atoms with E-state index in [0.717, 1.165) is 25.1 Å². The first-order valence-corrected chi connectivity index (χ1v) is 7.68. The van der Waals surface area contributed by atoms with Crippen molar-refractivity contribution in [3.63, 3.8) is 0 Å². The second kappa shape index (κ2) is 5.77. The van der Waals surface area contributed by atoms with E-state index >= 15 is 0 Å². The predicted molar refractivity (Wildman–Crippen MR) is 74.6 cm³/mol. The summed E-state index contributed by atoms with van der Waals surface area (Å²) in [4.78, 5) is 0.165. The van der Waals surface area contributed by atoms with E-state index in [1.807, 2.05) is 0 Å². The lowest BCUT2D eigenvalue weighted by atomic mass is 10.1. The number of rotatable bonds is 4. The van der Waals surface area contributed by atoms with E-state index < -0.39 is 10.0 Å². The number of benzene rings is 1. The molecule has 1 saturated heterocycles. The van der Waals surface area contributed by atoms with Crippen molar-refractivity contribution < 1.29 is 13.2 Å². The molecular weight excluding hydrogens is 266 g/mol. The molecule has 7 heteroatoms. The van der Waals surface area contributed by atoms with Crippen molar-refractivity contribution in [1.29, 1.82) is 0 Å². The fourth-order valence-corrected chi connectivity index (χ4v) is 2.80. The molecule has 1 aromatic rings. The third kappa shape index (κ3) is 3.37. The molecule has 106 valence electrons. The number of anilines is 2. The fourth-order valence-electron chi connectivity index (χ4n) is 2.03. The first-order chi connectivity index (χ1) is 9.03. The highest BCUT2D eigenvalue weighted by molar-refractivity contribution is 7.89. The molecule has 19 heavy (non-hydrogen) atoms. The quantitative estimate of drug-likeness (QED) is 0.710. The van der Waals surface area contributed by atoms with Crippen molar-refractivity contribution in [2.24, 2.45) is 0 Å². The van der Waals surface area contributed by atoms with Crippen LogP contribution in [0.5, 0.6) is 0 Å². The highest BCUT2D eigenvalue weighted by Crippen LogP contribution is 2.24. The highest BCUT2D eigenvalue weighted by Gasteiger charge is 2.16. The zero-order valence-electron chi connectivity index (χ0n) is 10.8. The fraction of sp³-hybridized carbons (Fsp3) is 0.500. The van der Waals surface area contributed by atoms with E-state index in [-0.39, 0.29) is 10.9 Å². The maximum atomic E-state index is 11.6. The van der Waals surface area contributed by atoms with Crippen molar-refractivity contribution >= 4 is 21.4 Å². The minimum Gasteiger partial charge on any atom is -0.397 e. The van der Waals surface area contributed by atoms with Gasteiger partial charge >= 0.3 is 0 Å². The van der Waals surface area contributed by atoms with Crippen LogP contribution in [0.3, 0.4) is 0 Å². The van der Waals surface area contributed by atoms with Crippen molar-refractivity contribution in [3.8, 4) is 0 Å². The molecule has 1 aliphatic heterocycles. The largest absolute Gasteiger partial charge is 0.397 e. The monoisotopic (exact) mass is 285 g/mol. The van der Waals surface area contributed by atoms with Gasteiger partial charge in [-0.15, -0.1) is 0 Å². The van der Waals surface area contributed by atoms with Crippen molar-refractivity contribution in [2.45, 2.75) is 23.8 Å². The van der Waals surface area contributed by atoms with Gasteiger partial charge in [0.05, 0.1) is 22.9 Å². The molecule has 4 N–H and O–H groups in total. The van der Waals surface area contributed by atoms with Gasteiger partial charge in [0.2, 0.25) is 10.0 Å². The topological polar surface area (TPSA) is 93.5 Å². The maximum Gasteiger partial charge on any atom is 0.240 e. The molecule has 0 amide bonds. The third-order valence-corrected chi connectivity index (χ3v) is 4.53. The number of nitrogen functional groups attached to an aromatic ring is 1. The summed E-state index contributed by atoms with van der Waals surface area (Å²) in [6.45, 7) is 1.45. The van der Waals surface area contributed by atoms with Gasteiger partial charge in [0, 0.05) is 12.6 Å². The van der Waals surface area contributed by atoms with Crippen LogP contribution in [0, 0.1) is 0 Å². The van der Waals surface area contributed by atoms with Crippen LogP contribution in [0.4, 0.5) is 11.4 Å². The summed E-state index contributed by atoms with van der Waals surface area (Å²) < 4.78 is 30.9. The molecule has 1 aromatic carbocycles. The van der Waals surface area contributed by atoms with Gasteiger partial charge in [-0.25, -0.2) is 13.1 Å². The second-order valence-electron chi connectivity index (χ2n) is 4.52. The van der Waals surface area contributed by atoms with Gasteiger partial charge in [0.1, 0.15) is 0 Å². The SMILES string of the molecule is CNS(=O)(=O)c1ccc(NC2CCCOC2)c(N)c1. The first kappa shape index (κ1) is 14.1. The van der Waals surface area contributed by atoms with Crippen LogP contribution < -0.4 is 15.8 Å². The molecule has 6 nitrogen and oxygen atoms in total. The van der Waals surface area contributed by atoms with Crippen LogP contribution in [0.2, 0.25) is 0 Å². The summed E-state index contributed by atoms with van der Waals surface area (Å²) in [5, 5.41) is 3.28. The van der Waals surface area contributed by atoms with E-state index in [4.69, 9.17) is 10.5 Å². The lowest BCUT2D eigenvalue weighted by Crippen LogP contribution is -2.30. The van der Waals surface area contributed by atoms with Gasteiger partial charge in [-0.3, -0.25) is 0 Å². The van der Waals surface area contributed by atoms with Crippen LogP contribution in [0.15, 0.2) is 23.1 Å². The Balaban J connectivity index is 2.15. The number of hydrogen-bond acceptors (Lipinski definition) is 5. The Morgan fingerprint density at radius 1 is 1.42 bits per heavy atom. The summed E-state index contributed by atoms with van der Waals surface area (Å²) >= 11 is 0. The minimum atomic E-state index is -3.45. The molecule has 2 rings (SSSR count). The minimum absolute atomic E-state index is 0.165. The molecule has 1 fully saturated rings. The maximum absolute atomic E-state index is 11.6. The number of hydrogen-bond donors (Lipinski definition) is 3. The molecule has 1 heterocycles. The molecule has 0 aromatic heterocycles. The predicted octanol–water partition coefficient (Wildman–Crippen LogP) is 0.768. The summed E-state index contributed by atoms with van der Waals surface area (Å²) in [6, 6.07) is 4.91. The number of nitrogens with one attached hydrogen (secondary N) is 2. The third-order valence-electron chi connectivity index (χ3n) is 3.12. The van der Waals surface area contributed by atoms with E-state index in [0.29, 0.717) is 12.3 Å². The Labute approximate surface area is 113 Å². The zero-order chi connectivity index (χ0) is 13.9. The van der Waals surface area contributed by atoms with Crippen molar-refractivity contribution in [2.75, 3.05) is 31.3 Å². The van der Waals surface area contributed by atoms with Crippen LogP contribution in [-0.2, 0) is 14.8 Å². The normalized spacial score (nSPS) is 20.2. The second-order valence-corrected chi connectivity index (χ2v) is 6.40. The lowest BCUT2D eigenvalue weighted by molar-refractivity contribution is 0.0876. The Bertz CT molecular complexity index is 539. The van der Waals surface area contributed by atoms with Crippen molar-refractivity contribution in [1.82, 2.24) is 4.72 Å². The van der Waals surface area contributed by atoms with E-state index in [1.54, 1.807) is 6.07 Å². The highest BCUT2D eigenvalue weighted by atomic mass is 32.2. The molecule has 1 atom stereocenters. The van der Waals surface area contributed by atoms with Gasteiger partial charge in [-0.1, -0.05) is 0 Å². The standard InChI is InChI=1S/C12H19N3O3S/c1-14-19(16,17)10-4-5-12(11(13)7-10)15-9-3-2-6-18-8-9/h4-5,7,9,14-15H,2-3,6,8,13H2,1H3. The van der Waals surface area contributed by atoms with Crippen LogP contribution >= 0.6 is 0 Å². The van der Waals surface area contributed by atoms with E-state index in [9.17, 15) is 8.42 Å². The summed E-state index contributed by atoms with van der Waals surface area (Å²) in [7, 11) is -2.08. The van der Waals surface area contributed by atoms with Gasteiger partial charge in [0.15, 0.2) is 0 Å². The Morgan fingerprint density at radius 2 is 2.21 bits per heavy atom. The number of nitrogens with two attached hydrogens (primary N) is 1. The smallest absolute Gasteiger partial charge is 0.240 e. The summed E-state index contributed by atoms with van der Waals surface area (Å²) in [5.41, 5.74) is 7.05. The van der Waals surface area contributed by atoms with Crippen LogP contribution in [0.1, 0.15) is 12.8 Å². The molecular formula is C12H19N3O3S. The Kier molecular flexibility index (Phi) is 4.28. The molecule has 0 aliphatic carbocycles. The van der Waals surface area contributed by atoms with Crippen LogP contribution in [-0.4, -0.2) is 34.7 Å². The molecule has 1 aliphatic rings. The van der Waals surface area contributed by atoms with Gasteiger partial charge in [0.25, 0.3) is 0 Å². The van der Waals surface area contributed by atoms with Gasteiger partial charge in [-0.2, -0.15) is 0 Å². The average molecular weight is 285 g/mol. The zero-order valence-corrected chi connectivity index (χ0v) is 11.7. The molecule has 0 saturated carbocycles. The Hall–Kier alpha value is -1.31. The van der Waals surface area contributed by atoms with Crippen LogP contribution in [0.25, 0.3) is 0 Å². The summed E-state index contributed by atoms with van der Waals surface area (Å²) in [5.74, 6) is 0. The summed E-state index contributed by atoms with van der Waals surface area (Å²) in [6.07, 6.45) is 2.04. The molecule has 0 bridgehead atoms. The van der Waals surface area contributed by atoms with Gasteiger partial charge < -0.3 is 15.8 Å².